The molecule has 4 rings (SSSR count). The molecular formula is C20H24FN5O. The van der Waals surface area contributed by atoms with E-state index in [1.807, 2.05) is 6.07 Å². The average molecular weight is 369 g/mol. The predicted octanol–water partition coefficient (Wildman–Crippen LogP) is 2.92. The van der Waals surface area contributed by atoms with Gasteiger partial charge in [-0.3, -0.25) is 9.80 Å². The summed E-state index contributed by atoms with van der Waals surface area (Å²) in [6.07, 6.45) is 5.86. The molecule has 2 aliphatic rings. The number of nitrogens with one attached hydrogen (secondary N) is 1. The normalized spacial score (nSPS) is 28.0. The van der Waals surface area contributed by atoms with Gasteiger partial charge in [-0.05, 0) is 45.3 Å². The molecule has 1 aromatic heterocycles. The quantitative estimate of drug-likeness (QED) is 0.904. The van der Waals surface area contributed by atoms with E-state index in [4.69, 9.17) is 0 Å². The van der Waals surface area contributed by atoms with Gasteiger partial charge in [0.25, 0.3) is 0 Å². The first-order valence-electron chi connectivity index (χ1n) is 9.24. The van der Waals surface area contributed by atoms with Crippen LogP contribution in [-0.4, -0.2) is 47.1 Å². The highest BCUT2D eigenvalue weighted by molar-refractivity contribution is 5.94. The summed E-state index contributed by atoms with van der Waals surface area (Å²) in [6, 6.07) is 10.2. The van der Waals surface area contributed by atoms with E-state index in [0.717, 1.165) is 31.9 Å². The van der Waals surface area contributed by atoms with E-state index in [-0.39, 0.29) is 22.9 Å². The van der Waals surface area contributed by atoms with Gasteiger partial charge in [-0.15, -0.1) is 0 Å². The lowest BCUT2D eigenvalue weighted by atomic mass is 9.69. The summed E-state index contributed by atoms with van der Waals surface area (Å²) in [4.78, 5) is 23.9. The van der Waals surface area contributed by atoms with Crippen LogP contribution in [0.1, 0.15) is 31.2 Å². The minimum Gasteiger partial charge on any atom is -0.330 e. The lowest BCUT2D eigenvalue weighted by Crippen LogP contribution is -2.54. The van der Waals surface area contributed by atoms with Crippen LogP contribution in [0.3, 0.4) is 0 Å². The number of amides is 2. The number of carbonyl (C=O) groups is 1. The molecule has 7 heteroatoms. The van der Waals surface area contributed by atoms with Crippen LogP contribution >= 0.6 is 0 Å². The molecule has 142 valence electrons. The molecule has 2 amide bonds. The fraction of sp³-hybridized carbons (Fsp3) is 0.450. The fourth-order valence-electron chi connectivity index (χ4n) is 4.55. The zero-order valence-corrected chi connectivity index (χ0v) is 15.7. The molecule has 1 aromatic carbocycles. The minimum absolute atomic E-state index is 0.0480. The van der Waals surface area contributed by atoms with Crippen LogP contribution in [0.15, 0.2) is 42.9 Å². The Labute approximate surface area is 158 Å². The first-order valence-corrected chi connectivity index (χ1v) is 9.24. The van der Waals surface area contributed by atoms with Crippen molar-refractivity contribution in [2.75, 3.05) is 25.5 Å². The molecule has 1 saturated carbocycles. The molecule has 1 spiro atoms. The van der Waals surface area contributed by atoms with Crippen molar-refractivity contribution in [1.29, 1.82) is 0 Å². The van der Waals surface area contributed by atoms with Crippen molar-refractivity contribution < 1.29 is 9.18 Å². The van der Waals surface area contributed by atoms with E-state index in [9.17, 15) is 9.18 Å². The van der Waals surface area contributed by atoms with Gasteiger partial charge in [-0.2, -0.15) is 0 Å². The number of hydrogen-bond acceptors (Lipinski definition) is 4. The molecule has 1 aliphatic heterocycles. The number of benzene rings is 1. The van der Waals surface area contributed by atoms with Gasteiger partial charge in [0, 0.05) is 5.54 Å². The molecule has 27 heavy (non-hydrogen) atoms. The van der Waals surface area contributed by atoms with Crippen LogP contribution in [0.5, 0.6) is 0 Å². The number of urea groups is 1. The standard InChI is InChI=1S/C20H24FN5O/c1-25(2)20(15-6-4-3-5-7-15)10-8-19(9-11-20)13-26(18(27)24-19)17-16(21)12-22-14-23-17/h3-7,12,14H,8-11,13H2,1-2H3,(H,24,27)/t19-,20+. The monoisotopic (exact) mass is 369 g/mol. The maximum atomic E-state index is 14.1. The molecule has 2 fully saturated rings. The molecular weight excluding hydrogens is 345 g/mol. The summed E-state index contributed by atoms with van der Waals surface area (Å²) in [5.41, 5.74) is 0.904. The minimum atomic E-state index is -0.576. The summed E-state index contributed by atoms with van der Waals surface area (Å²) in [5.74, 6) is -0.528. The van der Waals surface area contributed by atoms with Gasteiger partial charge in [-0.25, -0.2) is 19.2 Å². The molecule has 0 atom stereocenters. The highest BCUT2D eigenvalue weighted by atomic mass is 19.1. The number of anilines is 1. The zero-order valence-electron chi connectivity index (χ0n) is 15.7. The second-order valence-corrected chi connectivity index (χ2v) is 7.78. The van der Waals surface area contributed by atoms with Crippen molar-refractivity contribution in [3.8, 4) is 0 Å². The van der Waals surface area contributed by atoms with Crippen LogP contribution in [0.4, 0.5) is 15.0 Å². The third kappa shape index (κ3) is 2.96. The number of carbonyl (C=O) groups excluding carboxylic acids is 1. The van der Waals surface area contributed by atoms with Gasteiger partial charge in [0.1, 0.15) is 6.33 Å². The van der Waals surface area contributed by atoms with E-state index >= 15 is 0 Å². The van der Waals surface area contributed by atoms with Gasteiger partial charge in [0.15, 0.2) is 11.6 Å². The molecule has 0 bridgehead atoms. The Balaban J connectivity index is 1.57. The van der Waals surface area contributed by atoms with Crippen LogP contribution in [0.25, 0.3) is 0 Å². The van der Waals surface area contributed by atoms with E-state index < -0.39 is 5.82 Å². The van der Waals surface area contributed by atoms with Gasteiger partial charge in [0.05, 0.1) is 18.3 Å². The smallest absolute Gasteiger partial charge is 0.323 e. The van der Waals surface area contributed by atoms with Crippen LogP contribution in [0.2, 0.25) is 0 Å². The number of aromatic nitrogens is 2. The molecule has 1 saturated heterocycles. The largest absolute Gasteiger partial charge is 0.330 e. The number of halogens is 1. The summed E-state index contributed by atoms with van der Waals surface area (Å²) >= 11 is 0. The third-order valence-corrected chi connectivity index (χ3v) is 6.18. The molecule has 0 unspecified atom stereocenters. The molecule has 2 heterocycles. The van der Waals surface area contributed by atoms with Crippen LogP contribution in [0, 0.1) is 5.82 Å². The SMILES string of the molecule is CN(C)[C@]1(c2ccccc2)CC[C@]2(CC1)CN(c1ncncc1F)C(=O)N2. The van der Waals surface area contributed by atoms with Crippen LogP contribution < -0.4 is 10.2 Å². The summed E-state index contributed by atoms with van der Waals surface area (Å²) < 4.78 is 14.1. The Hall–Kier alpha value is -2.54. The number of nitrogens with zero attached hydrogens (tertiary/aromatic N) is 4. The van der Waals surface area contributed by atoms with E-state index in [1.165, 1.54) is 16.8 Å². The maximum absolute atomic E-state index is 14.1. The van der Waals surface area contributed by atoms with Crippen molar-refractivity contribution in [2.24, 2.45) is 0 Å². The van der Waals surface area contributed by atoms with Crippen LogP contribution in [-0.2, 0) is 5.54 Å². The van der Waals surface area contributed by atoms with E-state index in [1.54, 1.807) is 0 Å². The molecule has 1 aliphatic carbocycles. The zero-order chi connectivity index (χ0) is 19.1. The summed E-state index contributed by atoms with van der Waals surface area (Å²) in [6.45, 7) is 0.429. The van der Waals surface area contributed by atoms with Crippen molar-refractivity contribution in [1.82, 2.24) is 20.2 Å². The lowest BCUT2D eigenvalue weighted by Gasteiger charge is -2.48. The van der Waals surface area contributed by atoms with E-state index in [2.05, 4.69) is 58.5 Å². The second kappa shape index (κ2) is 6.56. The average Bonchev–Trinajstić information content (AvgIpc) is 2.99. The number of rotatable bonds is 3. The molecule has 6 nitrogen and oxygen atoms in total. The van der Waals surface area contributed by atoms with Crippen molar-refractivity contribution in [2.45, 2.75) is 36.8 Å². The fourth-order valence-corrected chi connectivity index (χ4v) is 4.55. The van der Waals surface area contributed by atoms with Gasteiger partial charge >= 0.3 is 6.03 Å². The Morgan fingerprint density at radius 3 is 2.48 bits per heavy atom. The topological polar surface area (TPSA) is 61.4 Å². The number of hydrogen-bond donors (Lipinski definition) is 1. The van der Waals surface area contributed by atoms with Gasteiger partial charge in [-0.1, -0.05) is 30.3 Å². The highest BCUT2D eigenvalue weighted by Crippen LogP contribution is 2.46. The first kappa shape index (κ1) is 17.9. The van der Waals surface area contributed by atoms with Crippen molar-refractivity contribution in [3.05, 3.63) is 54.2 Å². The Morgan fingerprint density at radius 2 is 1.85 bits per heavy atom. The van der Waals surface area contributed by atoms with Crippen molar-refractivity contribution in [3.63, 3.8) is 0 Å². The second-order valence-electron chi connectivity index (χ2n) is 7.78. The first-order chi connectivity index (χ1) is 13.0. The predicted molar refractivity (Wildman–Crippen MR) is 101 cm³/mol. The van der Waals surface area contributed by atoms with Gasteiger partial charge in [0.2, 0.25) is 0 Å². The highest BCUT2D eigenvalue weighted by Gasteiger charge is 2.50. The Kier molecular flexibility index (Phi) is 4.34. The lowest BCUT2D eigenvalue weighted by molar-refractivity contribution is 0.0657. The van der Waals surface area contributed by atoms with Gasteiger partial charge < -0.3 is 5.32 Å². The summed E-state index contributed by atoms with van der Waals surface area (Å²) in [5, 5.41) is 3.11. The van der Waals surface area contributed by atoms with Crippen molar-refractivity contribution >= 4 is 11.8 Å². The van der Waals surface area contributed by atoms with E-state index in [0.29, 0.717) is 6.54 Å². The molecule has 2 aromatic rings. The summed E-state index contributed by atoms with van der Waals surface area (Å²) in [7, 11) is 4.22. The molecule has 0 radical (unpaired) electrons. The Bertz CT molecular complexity index is 833. The third-order valence-electron chi connectivity index (χ3n) is 6.18. The molecule has 1 N–H and O–H groups in total. The Morgan fingerprint density at radius 1 is 1.15 bits per heavy atom. The maximum Gasteiger partial charge on any atom is 0.323 e.